The van der Waals surface area contributed by atoms with Gasteiger partial charge in [-0.25, -0.2) is 4.98 Å². The second-order valence-electron chi connectivity index (χ2n) is 2.99. The van der Waals surface area contributed by atoms with E-state index in [9.17, 15) is 4.79 Å². The highest BCUT2D eigenvalue weighted by Gasteiger charge is 2.10. The Morgan fingerprint density at radius 3 is 2.87 bits per heavy atom. The van der Waals surface area contributed by atoms with E-state index in [0.717, 1.165) is 0 Å². The van der Waals surface area contributed by atoms with Crippen molar-refractivity contribution in [2.75, 3.05) is 20.2 Å². The molecule has 0 saturated carbocycles. The molecule has 0 atom stereocenters. The quantitative estimate of drug-likeness (QED) is 0.754. The molecule has 0 unspecified atom stereocenters. The van der Waals surface area contributed by atoms with E-state index in [1.807, 2.05) is 6.07 Å². The average Bonchev–Trinajstić information content (AvgIpc) is 2.28. The topological polar surface area (TPSA) is 77.2 Å². The number of nitriles is 1. The lowest BCUT2D eigenvalue weighted by Gasteiger charge is -2.14. The summed E-state index contributed by atoms with van der Waals surface area (Å²) < 4.78 is 0. The highest BCUT2D eigenvalue weighted by Crippen LogP contribution is 2.02. The van der Waals surface area contributed by atoms with Gasteiger partial charge in [-0.3, -0.25) is 4.79 Å². The predicted octanol–water partition coefficient (Wildman–Crippen LogP) is 0.0176. The van der Waals surface area contributed by atoms with E-state index in [2.05, 4.69) is 4.98 Å². The second kappa shape index (κ2) is 5.08. The third kappa shape index (κ3) is 2.76. The van der Waals surface area contributed by atoms with Gasteiger partial charge in [0.15, 0.2) is 0 Å². The van der Waals surface area contributed by atoms with Gasteiger partial charge < -0.3 is 10.0 Å². The number of hydrogen-bond donors (Lipinski definition) is 1. The van der Waals surface area contributed by atoms with E-state index in [0.29, 0.717) is 5.56 Å². The van der Waals surface area contributed by atoms with E-state index < -0.39 is 0 Å². The van der Waals surface area contributed by atoms with Crippen LogP contribution in [-0.2, 0) is 0 Å². The van der Waals surface area contributed by atoms with Crippen LogP contribution in [0.3, 0.4) is 0 Å². The molecule has 0 aliphatic heterocycles. The van der Waals surface area contributed by atoms with Crippen molar-refractivity contribution in [2.45, 2.75) is 0 Å². The maximum Gasteiger partial charge on any atom is 0.255 e. The van der Waals surface area contributed by atoms with E-state index in [-0.39, 0.29) is 24.8 Å². The van der Waals surface area contributed by atoms with E-state index in [1.165, 1.54) is 17.2 Å². The van der Waals surface area contributed by atoms with Gasteiger partial charge in [0.1, 0.15) is 11.8 Å². The zero-order valence-electron chi connectivity index (χ0n) is 8.34. The van der Waals surface area contributed by atoms with Gasteiger partial charge in [-0.2, -0.15) is 5.26 Å². The molecule has 1 amide bonds. The Morgan fingerprint density at radius 2 is 2.40 bits per heavy atom. The number of carbonyl (C=O) groups is 1. The Hall–Kier alpha value is -1.93. The molecular formula is C10H11N3O2. The Labute approximate surface area is 87.6 Å². The van der Waals surface area contributed by atoms with Crippen molar-refractivity contribution in [1.82, 2.24) is 9.88 Å². The lowest BCUT2D eigenvalue weighted by molar-refractivity contribution is 0.0766. The fourth-order valence-corrected chi connectivity index (χ4v) is 1.06. The summed E-state index contributed by atoms with van der Waals surface area (Å²) in [4.78, 5) is 16.8. The maximum atomic E-state index is 11.6. The predicted molar refractivity (Wildman–Crippen MR) is 53.0 cm³/mol. The van der Waals surface area contributed by atoms with Crippen LogP contribution in [0.5, 0.6) is 0 Å². The first-order chi connectivity index (χ1) is 7.19. The van der Waals surface area contributed by atoms with Crippen molar-refractivity contribution < 1.29 is 9.90 Å². The summed E-state index contributed by atoms with van der Waals surface area (Å²) in [5, 5.41) is 17.2. The number of aliphatic hydroxyl groups is 1. The first kappa shape index (κ1) is 11.1. The van der Waals surface area contributed by atoms with Crippen molar-refractivity contribution in [3.05, 3.63) is 29.6 Å². The third-order valence-electron chi connectivity index (χ3n) is 1.91. The number of hydrogen-bond acceptors (Lipinski definition) is 4. The summed E-state index contributed by atoms with van der Waals surface area (Å²) in [7, 11) is 1.59. The van der Waals surface area contributed by atoms with Gasteiger partial charge in [0.25, 0.3) is 5.91 Å². The number of likely N-dealkylation sites (N-methyl/N-ethyl adjacent to an activating group) is 1. The largest absolute Gasteiger partial charge is 0.395 e. The Kier molecular flexibility index (Phi) is 3.77. The van der Waals surface area contributed by atoms with Crippen molar-refractivity contribution in [2.24, 2.45) is 0 Å². The summed E-state index contributed by atoms with van der Waals surface area (Å²) in [5.41, 5.74) is 0.682. The maximum absolute atomic E-state index is 11.6. The van der Waals surface area contributed by atoms with Crippen LogP contribution in [-0.4, -0.2) is 41.1 Å². The lowest BCUT2D eigenvalue weighted by Crippen LogP contribution is -2.29. The number of amides is 1. The van der Waals surface area contributed by atoms with E-state index in [4.69, 9.17) is 10.4 Å². The monoisotopic (exact) mass is 205 g/mol. The van der Waals surface area contributed by atoms with Crippen LogP contribution in [0, 0.1) is 11.3 Å². The first-order valence-corrected chi connectivity index (χ1v) is 4.41. The molecule has 0 saturated heterocycles. The van der Waals surface area contributed by atoms with Crippen molar-refractivity contribution in [3.8, 4) is 6.07 Å². The number of pyridine rings is 1. The number of aromatic nitrogens is 1. The smallest absolute Gasteiger partial charge is 0.255 e. The van der Waals surface area contributed by atoms with Crippen molar-refractivity contribution in [3.63, 3.8) is 0 Å². The average molecular weight is 205 g/mol. The van der Waals surface area contributed by atoms with Gasteiger partial charge in [0.2, 0.25) is 0 Å². The molecule has 5 heteroatoms. The van der Waals surface area contributed by atoms with Crippen LogP contribution in [0.15, 0.2) is 18.3 Å². The molecule has 1 heterocycles. The molecule has 0 radical (unpaired) electrons. The minimum absolute atomic E-state index is 0.0774. The summed E-state index contributed by atoms with van der Waals surface area (Å²) in [6, 6.07) is 4.90. The minimum Gasteiger partial charge on any atom is -0.395 e. The van der Waals surface area contributed by atoms with Gasteiger partial charge >= 0.3 is 0 Å². The summed E-state index contributed by atoms with van der Waals surface area (Å²) >= 11 is 0. The Bertz CT molecular complexity index is 381. The highest BCUT2D eigenvalue weighted by atomic mass is 16.3. The molecule has 0 fully saturated rings. The number of carbonyl (C=O) groups excluding carboxylic acids is 1. The highest BCUT2D eigenvalue weighted by molar-refractivity contribution is 5.93. The molecule has 0 bridgehead atoms. The van der Waals surface area contributed by atoms with Crippen molar-refractivity contribution >= 4 is 5.91 Å². The zero-order valence-corrected chi connectivity index (χ0v) is 8.34. The normalized spacial score (nSPS) is 9.40. The van der Waals surface area contributed by atoms with Gasteiger partial charge in [0.05, 0.1) is 12.2 Å². The molecule has 15 heavy (non-hydrogen) atoms. The van der Waals surface area contributed by atoms with Crippen LogP contribution < -0.4 is 0 Å². The SMILES string of the molecule is CN(CCO)C(=O)c1ccc(C#N)nc1. The van der Waals surface area contributed by atoms with Crippen molar-refractivity contribution in [1.29, 1.82) is 5.26 Å². The Morgan fingerprint density at radius 1 is 1.67 bits per heavy atom. The molecule has 1 aromatic rings. The van der Waals surface area contributed by atoms with E-state index in [1.54, 1.807) is 13.1 Å². The fraction of sp³-hybridized carbons (Fsp3) is 0.300. The number of rotatable bonds is 3. The second-order valence-corrected chi connectivity index (χ2v) is 2.99. The molecule has 1 rings (SSSR count). The van der Waals surface area contributed by atoms with Crippen LogP contribution in [0.25, 0.3) is 0 Å². The van der Waals surface area contributed by atoms with Gasteiger partial charge in [0, 0.05) is 19.8 Å². The lowest BCUT2D eigenvalue weighted by atomic mass is 10.2. The number of nitrogens with zero attached hydrogens (tertiary/aromatic N) is 3. The molecule has 0 spiro atoms. The molecule has 0 aliphatic carbocycles. The molecular weight excluding hydrogens is 194 g/mol. The zero-order chi connectivity index (χ0) is 11.3. The molecule has 5 nitrogen and oxygen atoms in total. The summed E-state index contributed by atoms with van der Waals surface area (Å²) in [6.07, 6.45) is 1.36. The van der Waals surface area contributed by atoms with Gasteiger partial charge in [-0.05, 0) is 12.1 Å². The van der Waals surface area contributed by atoms with E-state index >= 15 is 0 Å². The fourth-order valence-electron chi connectivity index (χ4n) is 1.06. The van der Waals surface area contributed by atoms with Crippen LogP contribution in [0.2, 0.25) is 0 Å². The molecule has 78 valence electrons. The third-order valence-corrected chi connectivity index (χ3v) is 1.91. The Balaban J connectivity index is 2.79. The molecule has 1 N–H and O–H groups in total. The first-order valence-electron chi connectivity index (χ1n) is 4.41. The number of aliphatic hydroxyl groups excluding tert-OH is 1. The van der Waals surface area contributed by atoms with Crippen LogP contribution >= 0.6 is 0 Å². The minimum atomic E-state index is -0.221. The van der Waals surface area contributed by atoms with Gasteiger partial charge in [-0.15, -0.1) is 0 Å². The van der Waals surface area contributed by atoms with Crippen LogP contribution in [0.4, 0.5) is 0 Å². The summed E-state index contributed by atoms with van der Waals surface area (Å²) in [5.74, 6) is -0.221. The molecule has 1 aromatic heterocycles. The summed E-state index contributed by atoms with van der Waals surface area (Å²) in [6.45, 7) is 0.199. The standard InChI is InChI=1S/C10H11N3O2/c1-13(4-5-14)10(15)8-2-3-9(6-11)12-7-8/h2-3,7,14H,4-5H2,1H3. The van der Waals surface area contributed by atoms with Crippen LogP contribution in [0.1, 0.15) is 16.1 Å². The molecule has 0 aliphatic rings. The molecule has 0 aromatic carbocycles. The van der Waals surface area contributed by atoms with Gasteiger partial charge in [-0.1, -0.05) is 0 Å².